The number of hydrogen-bond donors (Lipinski definition) is 2. The van der Waals surface area contributed by atoms with Crippen molar-refractivity contribution in [1.29, 1.82) is 0 Å². The second kappa shape index (κ2) is 8.88. The Morgan fingerprint density at radius 2 is 1.25 bits per heavy atom. The fourth-order valence-corrected chi connectivity index (χ4v) is 1.84. The normalized spacial score (nSPS) is 9.92. The lowest BCUT2D eigenvalue weighted by Crippen LogP contribution is -2.45. The molecular formula is C16H14BrFN2O4. The molecule has 0 aliphatic carbocycles. The van der Waals surface area contributed by atoms with Crippen molar-refractivity contribution in [1.82, 2.24) is 10.9 Å². The standard InChI is InChI=1S/C16H14BrFN2O4/c17-11-1-5-13(6-2-11)23-9-15(21)19-20-16(22)10-24-14-7-3-12(18)4-8-14/h1-8H,9-10H2,(H,19,21)(H,20,22). The van der Waals surface area contributed by atoms with Gasteiger partial charge in [-0.1, -0.05) is 15.9 Å². The minimum Gasteiger partial charge on any atom is -0.484 e. The second-order valence-electron chi connectivity index (χ2n) is 4.58. The van der Waals surface area contributed by atoms with Gasteiger partial charge in [0.05, 0.1) is 0 Å². The molecule has 0 atom stereocenters. The minimum absolute atomic E-state index is 0.249. The second-order valence-corrected chi connectivity index (χ2v) is 5.50. The molecule has 2 rings (SSSR count). The van der Waals surface area contributed by atoms with Gasteiger partial charge in [-0.25, -0.2) is 4.39 Å². The van der Waals surface area contributed by atoms with E-state index in [-0.39, 0.29) is 13.2 Å². The van der Waals surface area contributed by atoms with E-state index in [0.29, 0.717) is 11.5 Å². The number of halogens is 2. The molecule has 6 nitrogen and oxygen atoms in total. The summed E-state index contributed by atoms with van der Waals surface area (Å²) in [5.74, 6) is -0.607. The van der Waals surface area contributed by atoms with E-state index in [2.05, 4.69) is 26.8 Å². The summed E-state index contributed by atoms with van der Waals surface area (Å²) in [6, 6.07) is 12.2. The maximum Gasteiger partial charge on any atom is 0.276 e. The van der Waals surface area contributed by atoms with Crippen LogP contribution in [0.1, 0.15) is 0 Å². The van der Waals surface area contributed by atoms with Crippen LogP contribution in [0.15, 0.2) is 53.0 Å². The first-order valence-corrected chi connectivity index (χ1v) is 7.66. The number of carbonyl (C=O) groups excluding carboxylic acids is 2. The molecule has 0 saturated carbocycles. The molecule has 0 bridgehead atoms. The smallest absolute Gasteiger partial charge is 0.276 e. The van der Waals surface area contributed by atoms with Gasteiger partial charge in [0.25, 0.3) is 11.8 Å². The summed E-state index contributed by atoms with van der Waals surface area (Å²) < 4.78 is 24.0. The van der Waals surface area contributed by atoms with Gasteiger partial charge in [-0.2, -0.15) is 0 Å². The molecular weight excluding hydrogens is 383 g/mol. The SMILES string of the molecule is O=C(COc1ccc(F)cc1)NNC(=O)COc1ccc(Br)cc1. The van der Waals surface area contributed by atoms with Gasteiger partial charge in [-0.3, -0.25) is 20.4 Å². The first kappa shape index (κ1) is 17.7. The van der Waals surface area contributed by atoms with Gasteiger partial charge in [0, 0.05) is 4.47 Å². The van der Waals surface area contributed by atoms with Crippen molar-refractivity contribution in [2.24, 2.45) is 0 Å². The Kier molecular flexibility index (Phi) is 6.56. The average Bonchev–Trinajstić information content (AvgIpc) is 2.59. The fraction of sp³-hybridized carbons (Fsp3) is 0.125. The third kappa shape index (κ3) is 6.25. The number of nitrogens with one attached hydrogen (secondary N) is 2. The molecule has 8 heteroatoms. The molecule has 2 amide bonds. The zero-order chi connectivity index (χ0) is 17.4. The largest absolute Gasteiger partial charge is 0.484 e. The summed E-state index contributed by atoms with van der Waals surface area (Å²) in [7, 11) is 0. The first-order chi connectivity index (χ1) is 11.5. The van der Waals surface area contributed by atoms with E-state index < -0.39 is 17.6 Å². The molecule has 0 spiro atoms. The average molecular weight is 397 g/mol. The Hall–Kier alpha value is -2.61. The summed E-state index contributed by atoms with van der Waals surface area (Å²) in [4.78, 5) is 23.1. The van der Waals surface area contributed by atoms with Crippen molar-refractivity contribution < 1.29 is 23.5 Å². The summed E-state index contributed by atoms with van der Waals surface area (Å²) in [5, 5.41) is 0. The topological polar surface area (TPSA) is 76.7 Å². The lowest BCUT2D eigenvalue weighted by Gasteiger charge is -2.09. The number of ether oxygens (including phenoxy) is 2. The summed E-state index contributed by atoms with van der Waals surface area (Å²) in [5.41, 5.74) is 4.38. The quantitative estimate of drug-likeness (QED) is 0.733. The number of hydrazine groups is 1. The third-order valence-corrected chi connectivity index (χ3v) is 3.24. The maximum absolute atomic E-state index is 12.7. The molecule has 0 heterocycles. The lowest BCUT2D eigenvalue weighted by atomic mass is 10.3. The molecule has 0 saturated heterocycles. The minimum atomic E-state index is -0.559. The van der Waals surface area contributed by atoms with E-state index >= 15 is 0 Å². The third-order valence-electron chi connectivity index (χ3n) is 2.71. The van der Waals surface area contributed by atoms with Gasteiger partial charge in [0.1, 0.15) is 17.3 Å². The number of benzene rings is 2. The van der Waals surface area contributed by atoms with Crippen molar-refractivity contribution in [2.45, 2.75) is 0 Å². The van der Waals surface area contributed by atoms with Crippen LogP contribution in [0.3, 0.4) is 0 Å². The Balaban J connectivity index is 1.64. The monoisotopic (exact) mass is 396 g/mol. The van der Waals surface area contributed by atoms with Crippen molar-refractivity contribution >= 4 is 27.7 Å². The first-order valence-electron chi connectivity index (χ1n) is 6.87. The zero-order valence-electron chi connectivity index (χ0n) is 12.4. The molecule has 126 valence electrons. The Labute approximate surface area is 146 Å². The molecule has 0 radical (unpaired) electrons. The highest BCUT2D eigenvalue weighted by Gasteiger charge is 2.06. The van der Waals surface area contributed by atoms with Crippen LogP contribution >= 0.6 is 15.9 Å². The number of hydrogen-bond acceptors (Lipinski definition) is 4. The van der Waals surface area contributed by atoms with Crippen LogP contribution in [0.25, 0.3) is 0 Å². The Morgan fingerprint density at radius 3 is 1.71 bits per heavy atom. The van der Waals surface area contributed by atoms with Crippen LogP contribution in [0.4, 0.5) is 4.39 Å². The van der Waals surface area contributed by atoms with Gasteiger partial charge in [-0.05, 0) is 48.5 Å². The number of amides is 2. The van der Waals surface area contributed by atoms with Crippen LogP contribution in [-0.4, -0.2) is 25.0 Å². The van der Waals surface area contributed by atoms with Crippen molar-refractivity contribution in [2.75, 3.05) is 13.2 Å². The maximum atomic E-state index is 12.7. The van der Waals surface area contributed by atoms with Crippen molar-refractivity contribution in [3.05, 3.63) is 58.8 Å². The van der Waals surface area contributed by atoms with E-state index in [9.17, 15) is 14.0 Å². The highest BCUT2D eigenvalue weighted by atomic mass is 79.9. The van der Waals surface area contributed by atoms with Gasteiger partial charge >= 0.3 is 0 Å². The van der Waals surface area contributed by atoms with Gasteiger partial charge < -0.3 is 9.47 Å². The summed E-state index contributed by atoms with van der Waals surface area (Å²) >= 11 is 3.29. The number of rotatable bonds is 6. The van der Waals surface area contributed by atoms with E-state index in [1.54, 1.807) is 24.3 Å². The predicted molar refractivity (Wildman–Crippen MR) is 87.8 cm³/mol. The number of carbonyl (C=O) groups is 2. The summed E-state index contributed by atoms with van der Waals surface area (Å²) in [6.45, 7) is -0.569. The molecule has 0 fully saturated rings. The van der Waals surface area contributed by atoms with Gasteiger partial charge in [-0.15, -0.1) is 0 Å². The van der Waals surface area contributed by atoms with Crippen LogP contribution in [0.5, 0.6) is 11.5 Å². The molecule has 2 aromatic carbocycles. The molecule has 0 aliphatic rings. The van der Waals surface area contributed by atoms with Gasteiger partial charge in [0.2, 0.25) is 0 Å². The highest BCUT2D eigenvalue weighted by molar-refractivity contribution is 9.10. The van der Waals surface area contributed by atoms with E-state index in [0.717, 1.165) is 4.47 Å². The van der Waals surface area contributed by atoms with E-state index in [1.807, 2.05) is 0 Å². The molecule has 2 aromatic rings. The lowest BCUT2D eigenvalue weighted by molar-refractivity contribution is -0.131. The van der Waals surface area contributed by atoms with Gasteiger partial charge in [0.15, 0.2) is 13.2 Å². The molecule has 0 unspecified atom stereocenters. The highest BCUT2D eigenvalue weighted by Crippen LogP contribution is 2.15. The molecule has 2 N–H and O–H groups in total. The van der Waals surface area contributed by atoms with Crippen molar-refractivity contribution in [3.8, 4) is 11.5 Å². The van der Waals surface area contributed by atoms with Crippen LogP contribution < -0.4 is 20.3 Å². The summed E-state index contributed by atoms with van der Waals surface area (Å²) in [6.07, 6.45) is 0. The Morgan fingerprint density at radius 1 is 0.833 bits per heavy atom. The zero-order valence-corrected chi connectivity index (χ0v) is 14.0. The predicted octanol–water partition coefficient (Wildman–Crippen LogP) is 2.19. The van der Waals surface area contributed by atoms with Crippen LogP contribution in [-0.2, 0) is 9.59 Å². The Bertz CT molecular complexity index is 631. The molecule has 24 heavy (non-hydrogen) atoms. The van der Waals surface area contributed by atoms with Crippen LogP contribution in [0.2, 0.25) is 0 Å². The molecule has 0 aliphatic heterocycles. The van der Waals surface area contributed by atoms with E-state index in [4.69, 9.17) is 9.47 Å². The van der Waals surface area contributed by atoms with Crippen LogP contribution in [0, 0.1) is 5.82 Å². The molecule has 0 aromatic heterocycles. The fourth-order valence-electron chi connectivity index (χ4n) is 1.57. The van der Waals surface area contributed by atoms with Crippen molar-refractivity contribution in [3.63, 3.8) is 0 Å². The van der Waals surface area contributed by atoms with E-state index in [1.165, 1.54) is 24.3 Å².